The van der Waals surface area contributed by atoms with E-state index in [2.05, 4.69) is 10.0 Å². The van der Waals surface area contributed by atoms with E-state index in [1.54, 1.807) is 28.1 Å². The third kappa shape index (κ3) is 4.17. The van der Waals surface area contributed by atoms with Gasteiger partial charge in [0.2, 0.25) is 0 Å². The molecule has 172 valence electrons. The summed E-state index contributed by atoms with van der Waals surface area (Å²) in [5, 5.41) is 4.91. The third-order valence-corrected chi connectivity index (χ3v) is 9.58. The van der Waals surface area contributed by atoms with Gasteiger partial charge in [0.25, 0.3) is 15.6 Å². The molecule has 32 heavy (non-hydrogen) atoms. The Hall–Kier alpha value is -2.33. The molecule has 2 aromatic heterocycles. The Bertz CT molecular complexity index is 1150. The Labute approximate surface area is 191 Å². The number of hydrogen-bond donors (Lipinski definition) is 2. The Morgan fingerprint density at radius 2 is 1.88 bits per heavy atom. The van der Waals surface area contributed by atoms with Crippen molar-refractivity contribution in [2.45, 2.75) is 61.2 Å². The SMILES string of the molecule is O=C(NC1CCCCC1)N1C[C@@H]2C[C@@H](C1)c1c(NS(=O)(=O)c3cccs3)ccc(=O)n1C2. The molecule has 5 rings (SSSR count). The molecule has 2 atom stereocenters. The number of piperidine rings is 1. The van der Waals surface area contributed by atoms with Crippen molar-refractivity contribution in [3.63, 3.8) is 0 Å². The summed E-state index contributed by atoms with van der Waals surface area (Å²) >= 11 is 1.15. The molecule has 0 spiro atoms. The van der Waals surface area contributed by atoms with Gasteiger partial charge in [-0.05, 0) is 42.7 Å². The van der Waals surface area contributed by atoms with Gasteiger partial charge in [-0.15, -0.1) is 11.3 Å². The van der Waals surface area contributed by atoms with Gasteiger partial charge < -0.3 is 14.8 Å². The first-order chi connectivity index (χ1) is 15.4. The summed E-state index contributed by atoms with van der Waals surface area (Å²) < 4.78 is 30.3. The summed E-state index contributed by atoms with van der Waals surface area (Å²) in [7, 11) is -3.73. The predicted octanol–water partition coefficient (Wildman–Crippen LogP) is 3.17. The summed E-state index contributed by atoms with van der Waals surface area (Å²) in [6.45, 7) is 1.59. The second kappa shape index (κ2) is 8.55. The van der Waals surface area contributed by atoms with Crippen LogP contribution in [0.3, 0.4) is 0 Å². The smallest absolute Gasteiger partial charge is 0.317 e. The monoisotopic (exact) mass is 476 g/mol. The van der Waals surface area contributed by atoms with E-state index in [9.17, 15) is 18.0 Å². The Morgan fingerprint density at radius 1 is 1.06 bits per heavy atom. The van der Waals surface area contributed by atoms with Gasteiger partial charge in [0, 0.05) is 37.7 Å². The molecule has 2 fully saturated rings. The molecule has 0 aromatic carbocycles. The molecule has 1 saturated heterocycles. The number of likely N-dealkylation sites (tertiary alicyclic amines) is 1. The van der Waals surface area contributed by atoms with Crippen LogP contribution >= 0.6 is 11.3 Å². The number of fused-ring (bicyclic) bond motifs is 4. The topological polar surface area (TPSA) is 101 Å². The van der Waals surface area contributed by atoms with Gasteiger partial charge in [0.1, 0.15) is 4.21 Å². The number of thiophene rings is 1. The molecular formula is C22H28N4O4S2. The standard InChI is InChI=1S/C22H28N4O4S2/c27-19-9-8-18(24-32(29,30)20-7-4-10-31-20)21-16-11-15(13-26(19)21)12-25(14-16)22(28)23-17-5-2-1-3-6-17/h4,7-10,15-17,24H,1-3,5-6,11-14H2,(H,23,28)/t15-,16-/m0/s1. The number of anilines is 1. The largest absolute Gasteiger partial charge is 0.335 e. The van der Waals surface area contributed by atoms with E-state index in [1.165, 1.54) is 12.5 Å². The number of urea groups is 1. The first-order valence-electron chi connectivity index (χ1n) is 11.3. The number of amides is 2. The van der Waals surface area contributed by atoms with Crippen LogP contribution in [0.1, 0.15) is 50.1 Å². The van der Waals surface area contributed by atoms with Crippen molar-refractivity contribution in [3.05, 3.63) is 45.7 Å². The fourth-order valence-electron chi connectivity index (χ4n) is 5.39. The van der Waals surface area contributed by atoms with E-state index < -0.39 is 10.0 Å². The Balaban J connectivity index is 1.40. The zero-order valence-corrected chi connectivity index (χ0v) is 19.5. The van der Waals surface area contributed by atoms with Gasteiger partial charge >= 0.3 is 6.03 Å². The lowest BCUT2D eigenvalue weighted by molar-refractivity contribution is 0.128. The number of sulfonamides is 1. The molecule has 1 saturated carbocycles. The van der Waals surface area contributed by atoms with Crippen molar-refractivity contribution in [1.29, 1.82) is 0 Å². The normalized spacial score (nSPS) is 23.4. The van der Waals surface area contributed by atoms with Crippen molar-refractivity contribution < 1.29 is 13.2 Å². The highest BCUT2D eigenvalue weighted by atomic mass is 32.2. The molecule has 0 radical (unpaired) electrons. The van der Waals surface area contributed by atoms with Crippen LogP contribution in [0.4, 0.5) is 10.5 Å². The van der Waals surface area contributed by atoms with E-state index >= 15 is 0 Å². The van der Waals surface area contributed by atoms with E-state index in [0.717, 1.165) is 43.4 Å². The van der Waals surface area contributed by atoms with Crippen molar-refractivity contribution in [3.8, 4) is 0 Å². The number of carbonyl (C=O) groups is 1. The molecule has 4 heterocycles. The van der Waals surface area contributed by atoms with Crippen LogP contribution in [-0.4, -0.2) is 43.0 Å². The summed E-state index contributed by atoms with van der Waals surface area (Å²) in [5.41, 5.74) is 0.980. The minimum Gasteiger partial charge on any atom is -0.335 e. The van der Waals surface area contributed by atoms with E-state index in [-0.39, 0.29) is 33.7 Å². The number of carbonyl (C=O) groups excluding carboxylic acids is 1. The van der Waals surface area contributed by atoms with Crippen LogP contribution in [0.25, 0.3) is 0 Å². The quantitative estimate of drug-likeness (QED) is 0.708. The zero-order chi connectivity index (χ0) is 22.3. The second-order valence-electron chi connectivity index (χ2n) is 9.11. The average molecular weight is 477 g/mol. The molecule has 0 unspecified atom stereocenters. The second-order valence-corrected chi connectivity index (χ2v) is 12.0. The van der Waals surface area contributed by atoms with Crippen LogP contribution in [0.5, 0.6) is 0 Å². The highest BCUT2D eigenvalue weighted by Gasteiger charge is 2.38. The summed E-state index contributed by atoms with van der Waals surface area (Å²) in [4.78, 5) is 27.4. The molecule has 2 amide bonds. The minimum atomic E-state index is -3.73. The number of nitrogens with one attached hydrogen (secondary N) is 2. The van der Waals surface area contributed by atoms with Gasteiger partial charge in [-0.1, -0.05) is 25.3 Å². The molecule has 10 heteroatoms. The summed E-state index contributed by atoms with van der Waals surface area (Å²) in [6, 6.07) is 6.42. The van der Waals surface area contributed by atoms with Crippen LogP contribution in [-0.2, 0) is 16.6 Å². The van der Waals surface area contributed by atoms with Crippen molar-refractivity contribution in [2.24, 2.45) is 5.92 Å². The van der Waals surface area contributed by atoms with Crippen LogP contribution < -0.4 is 15.6 Å². The predicted molar refractivity (Wildman–Crippen MR) is 124 cm³/mol. The maximum atomic E-state index is 13.0. The first kappa shape index (κ1) is 21.5. The average Bonchev–Trinajstić information content (AvgIpc) is 3.32. The van der Waals surface area contributed by atoms with E-state index in [4.69, 9.17) is 0 Å². The number of hydrogen-bond acceptors (Lipinski definition) is 5. The number of nitrogens with zero attached hydrogens (tertiary/aromatic N) is 2. The maximum Gasteiger partial charge on any atom is 0.317 e. The molecule has 2 N–H and O–H groups in total. The first-order valence-corrected chi connectivity index (χ1v) is 13.6. The Morgan fingerprint density at radius 3 is 2.62 bits per heavy atom. The van der Waals surface area contributed by atoms with E-state index in [0.29, 0.717) is 31.0 Å². The molecule has 2 aliphatic heterocycles. The van der Waals surface area contributed by atoms with Crippen molar-refractivity contribution in [2.75, 3.05) is 17.8 Å². The fourth-order valence-corrected chi connectivity index (χ4v) is 7.46. The number of rotatable bonds is 4. The zero-order valence-electron chi connectivity index (χ0n) is 17.8. The maximum absolute atomic E-state index is 13.0. The minimum absolute atomic E-state index is 0.0426. The van der Waals surface area contributed by atoms with Gasteiger partial charge in [0.15, 0.2) is 0 Å². The van der Waals surface area contributed by atoms with Crippen LogP contribution in [0.15, 0.2) is 38.6 Å². The summed E-state index contributed by atoms with van der Waals surface area (Å²) in [5.74, 6) is 0.0924. The van der Waals surface area contributed by atoms with Crippen molar-refractivity contribution in [1.82, 2.24) is 14.8 Å². The lowest BCUT2D eigenvalue weighted by Crippen LogP contribution is -2.53. The van der Waals surface area contributed by atoms with Gasteiger partial charge in [-0.3, -0.25) is 9.52 Å². The molecule has 1 aliphatic carbocycles. The lowest BCUT2D eigenvalue weighted by Gasteiger charge is -2.43. The number of aromatic nitrogens is 1. The Kier molecular flexibility index (Phi) is 5.75. The highest BCUT2D eigenvalue weighted by molar-refractivity contribution is 7.94. The molecular weight excluding hydrogens is 448 g/mol. The van der Waals surface area contributed by atoms with Crippen LogP contribution in [0, 0.1) is 5.92 Å². The third-order valence-electron chi connectivity index (χ3n) is 6.81. The van der Waals surface area contributed by atoms with E-state index in [1.807, 2.05) is 4.90 Å². The summed E-state index contributed by atoms with van der Waals surface area (Å²) in [6.07, 6.45) is 6.43. The fraction of sp³-hybridized carbons (Fsp3) is 0.545. The van der Waals surface area contributed by atoms with Crippen molar-refractivity contribution >= 4 is 33.1 Å². The van der Waals surface area contributed by atoms with Gasteiger partial charge in [0.05, 0.1) is 11.4 Å². The molecule has 2 bridgehead atoms. The lowest BCUT2D eigenvalue weighted by atomic mass is 9.82. The number of pyridine rings is 1. The molecule has 2 aromatic rings. The molecule has 3 aliphatic rings. The molecule has 8 nitrogen and oxygen atoms in total. The van der Waals surface area contributed by atoms with Gasteiger partial charge in [-0.2, -0.15) is 0 Å². The van der Waals surface area contributed by atoms with Gasteiger partial charge in [-0.25, -0.2) is 13.2 Å². The highest BCUT2D eigenvalue weighted by Crippen LogP contribution is 2.39. The van der Waals surface area contributed by atoms with Crippen LogP contribution in [0.2, 0.25) is 0 Å².